The van der Waals surface area contributed by atoms with E-state index in [-0.39, 0.29) is 5.75 Å². The number of halogens is 1. The number of fused-ring (bicyclic) bond motifs is 1. The van der Waals surface area contributed by atoms with Crippen LogP contribution in [0.25, 0.3) is 16.8 Å². The number of pyridine rings is 1. The molecule has 0 saturated carbocycles. The number of nitrogens with zero attached hydrogens (tertiary/aromatic N) is 4. The average Bonchev–Trinajstić information content (AvgIpc) is 3.24. The molecule has 1 aliphatic heterocycles. The first kappa shape index (κ1) is 21.5. The Morgan fingerprint density at radius 1 is 1.06 bits per heavy atom. The average molecular weight is 466 g/mol. The molecule has 1 aliphatic rings. The molecule has 0 bridgehead atoms. The maximum Gasteiger partial charge on any atom is 0.247 e. The van der Waals surface area contributed by atoms with Crippen molar-refractivity contribution < 1.29 is 14.6 Å². The fraction of sp³-hybridized carbons (Fsp3) is 0.250. The fourth-order valence-electron chi connectivity index (χ4n) is 3.71. The highest BCUT2D eigenvalue weighted by molar-refractivity contribution is 6.33. The zero-order chi connectivity index (χ0) is 22.6. The van der Waals surface area contributed by atoms with Crippen LogP contribution in [0.1, 0.15) is 0 Å². The predicted molar refractivity (Wildman–Crippen MR) is 128 cm³/mol. The number of anilines is 2. The first-order valence-electron chi connectivity index (χ1n) is 10.8. The highest BCUT2D eigenvalue weighted by Gasteiger charge is 2.11. The van der Waals surface area contributed by atoms with Crippen LogP contribution in [-0.4, -0.2) is 64.1 Å². The number of aromatic nitrogens is 3. The monoisotopic (exact) mass is 465 g/mol. The van der Waals surface area contributed by atoms with Crippen LogP contribution in [0, 0.1) is 0 Å². The second kappa shape index (κ2) is 9.66. The van der Waals surface area contributed by atoms with Gasteiger partial charge in [-0.05, 0) is 54.6 Å². The number of ether oxygens (including phenoxy) is 2. The summed E-state index contributed by atoms with van der Waals surface area (Å²) in [5.74, 6) is 1.46. The fourth-order valence-corrected chi connectivity index (χ4v) is 3.94. The molecular formula is C24H24ClN5O3. The van der Waals surface area contributed by atoms with E-state index in [1.165, 1.54) is 0 Å². The first-order valence-corrected chi connectivity index (χ1v) is 11.2. The van der Waals surface area contributed by atoms with Gasteiger partial charge in [0.05, 0.1) is 13.2 Å². The van der Waals surface area contributed by atoms with Gasteiger partial charge in [0.1, 0.15) is 18.1 Å². The Morgan fingerprint density at radius 3 is 2.70 bits per heavy atom. The van der Waals surface area contributed by atoms with Crippen molar-refractivity contribution in [3.63, 3.8) is 0 Å². The van der Waals surface area contributed by atoms with E-state index in [1.807, 2.05) is 42.6 Å². The Bertz CT molecular complexity index is 1240. The molecule has 5 rings (SSSR count). The minimum atomic E-state index is 0.156. The molecule has 0 unspecified atom stereocenters. The summed E-state index contributed by atoms with van der Waals surface area (Å²) in [4.78, 5) is 6.86. The minimum Gasteiger partial charge on any atom is -0.508 e. The van der Waals surface area contributed by atoms with Crippen LogP contribution in [0.3, 0.4) is 0 Å². The summed E-state index contributed by atoms with van der Waals surface area (Å²) in [5.41, 5.74) is 3.12. The topological polar surface area (TPSA) is 84.2 Å². The van der Waals surface area contributed by atoms with Crippen molar-refractivity contribution in [3.05, 3.63) is 65.8 Å². The third-order valence-electron chi connectivity index (χ3n) is 5.48. The van der Waals surface area contributed by atoms with E-state index < -0.39 is 0 Å². The van der Waals surface area contributed by atoms with Gasteiger partial charge >= 0.3 is 0 Å². The standard InChI is InChI=1S/C24H24ClN5O3/c25-22-7-4-19(31)15-21(22)17-1-8-23-27-24(28-30(23)16-17)26-18-2-5-20(6-3-18)33-14-11-29-9-12-32-13-10-29/h1-8,15-16,31H,9-14H2,(H,26,28). The molecule has 8 nitrogen and oxygen atoms in total. The van der Waals surface area contributed by atoms with Gasteiger partial charge in [-0.1, -0.05) is 11.6 Å². The smallest absolute Gasteiger partial charge is 0.247 e. The van der Waals surface area contributed by atoms with E-state index in [2.05, 4.69) is 20.3 Å². The molecule has 0 spiro atoms. The highest BCUT2D eigenvalue weighted by atomic mass is 35.5. The van der Waals surface area contributed by atoms with E-state index in [9.17, 15) is 5.11 Å². The van der Waals surface area contributed by atoms with Gasteiger partial charge in [0.25, 0.3) is 0 Å². The number of nitrogens with one attached hydrogen (secondary N) is 1. The third-order valence-corrected chi connectivity index (χ3v) is 5.81. The lowest BCUT2D eigenvalue weighted by molar-refractivity contribution is 0.0322. The van der Waals surface area contributed by atoms with E-state index in [0.717, 1.165) is 55.4 Å². The zero-order valence-electron chi connectivity index (χ0n) is 17.9. The summed E-state index contributed by atoms with van der Waals surface area (Å²) in [6.07, 6.45) is 1.83. The molecule has 9 heteroatoms. The largest absolute Gasteiger partial charge is 0.508 e. The first-order chi connectivity index (χ1) is 16.1. The molecule has 2 aromatic carbocycles. The van der Waals surface area contributed by atoms with Gasteiger partial charge in [-0.15, -0.1) is 5.10 Å². The van der Waals surface area contributed by atoms with Gasteiger partial charge in [-0.25, -0.2) is 4.52 Å². The number of morpholine rings is 1. The third kappa shape index (κ3) is 5.19. The lowest BCUT2D eigenvalue weighted by Crippen LogP contribution is -2.38. The number of rotatable bonds is 7. The lowest BCUT2D eigenvalue weighted by atomic mass is 10.1. The van der Waals surface area contributed by atoms with Crippen molar-refractivity contribution in [2.45, 2.75) is 0 Å². The minimum absolute atomic E-state index is 0.156. The SMILES string of the molecule is Oc1ccc(Cl)c(-c2ccc3nc(Nc4ccc(OCCN5CCOCC5)cc4)nn3c2)c1. The van der Waals surface area contributed by atoms with Gasteiger partial charge in [0.2, 0.25) is 5.95 Å². The number of benzene rings is 2. The van der Waals surface area contributed by atoms with Crippen molar-refractivity contribution in [2.24, 2.45) is 0 Å². The van der Waals surface area contributed by atoms with Crippen LogP contribution in [0.5, 0.6) is 11.5 Å². The molecule has 0 radical (unpaired) electrons. The molecule has 1 saturated heterocycles. The maximum absolute atomic E-state index is 9.79. The molecule has 33 heavy (non-hydrogen) atoms. The van der Waals surface area contributed by atoms with E-state index in [1.54, 1.807) is 22.7 Å². The molecule has 170 valence electrons. The van der Waals surface area contributed by atoms with Gasteiger partial charge in [0.15, 0.2) is 5.65 Å². The van der Waals surface area contributed by atoms with Crippen molar-refractivity contribution in [1.82, 2.24) is 19.5 Å². The molecule has 0 aliphatic carbocycles. The highest BCUT2D eigenvalue weighted by Crippen LogP contribution is 2.31. The number of hydrogen-bond acceptors (Lipinski definition) is 7. The van der Waals surface area contributed by atoms with Crippen LogP contribution in [0.2, 0.25) is 5.02 Å². The Hall–Kier alpha value is -3.33. The van der Waals surface area contributed by atoms with E-state index in [4.69, 9.17) is 21.1 Å². The van der Waals surface area contributed by atoms with Crippen LogP contribution in [-0.2, 0) is 4.74 Å². The van der Waals surface area contributed by atoms with Crippen molar-refractivity contribution in [1.29, 1.82) is 0 Å². The Morgan fingerprint density at radius 2 is 1.88 bits per heavy atom. The van der Waals surface area contributed by atoms with Crippen LogP contribution in [0.15, 0.2) is 60.8 Å². The van der Waals surface area contributed by atoms with E-state index in [0.29, 0.717) is 23.2 Å². The summed E-state index contributed by atoms with van der Waals surface area (Å²) in [5, 5.41) is 18.1. The summed E-state index contributed by atoms with van der Waals surface area (Å²) in [6.45, 7) is 5.04. The van der Waals surface area contributed by atoms with Crippen molar-refractivity contribution in [3.8, 4) is 22.6 Å². The van der Waals surface area contributed by atoms with Gasteiger partial charge < -0.3 is 19.9 Å². The summed E-state index contributed by atoms with van der Waals surface area (Å²) >= 11 is 6.29. The molecule has 4 aromatic rings. The number of aromatic hydroxyl groups is 1. The molecule has 0 amide bonds. The predicted octanol–water partition coefficient (Wildman–Crippen LogP) is 4.21. The zero-order valence-corrected chi connectivity index (χ0v) is 18.7. The normalized spacial score (nSPS) is 14.5. The van der Waals surface area contributed by atoms with Gasteiger partial charge in [-0.3, -0.25) is 4.90 Å². The van der Waals surface area contributed by atoms with Crippen molar-refractivity contribution >= 4 is 28.9 Å². The molecule has 3 heterocycles. The quantitative estimate of drug-likeness (QED) is 0.423. The molecule has 0 atom stereocenters. The van der Waals surface area contributed by atoms with E-state index >= 15 is 0 Å². The second-order valence-corrected chi connectivity index (χ2v) is 8.18. The number of phenols is 1. The molecular weight excluding hydrogens is 442 g/mol. The maximum atomic E-state index is 9.79. The van der Waals surface area contributed by atoms with Gasteiger partial charge in [0, 0.05) is 47.7 Å². The van der Waals surface area contributed by atoms with Crippen LogP contribution < -0.4 is 10.1 Å². The lowest BCUT2D eigenvalue weighted by Gasteiger charge is -2.26. The van der Waals surface area contributed by atoms with Crippen LogP contribution in [0.4, 0.5) is 11.6 Å². The number of phenolic OH excluding ortho intramolecular Hbond substituents is 1. The van der Waals surface area contributed by atoms with Crippen molar-refractivity contribution in [2.75, 3.05) is 44.8 Å². The Labute approximate surface area is 196 Å². The second-order valence-electron chi connectivity index (χ2n) is 7.77. The Kier molecular flexibility index (Phi) is 6.30. The molecule has 2 N–H and O–H groups in total. The molecule has 2 aromatic heterocycles. The summed E-state index contributed by atoms with van der Waals surface area (Å²) in [6, 6.07) is 16.4. The summed E-state index contributed by atoms with van der Waals surface area (Å²) < 4.78 is 12.9. The number of hydrogen-bond donors (Lipinski definition) is 2. The van der Waals surface area contributed by atoms with Crippen LogP contribution >= 0.6 is 11.6 Å². The molecule has 1 fully saturated rings. The van der Waals surface area contributed by atoms with Gasteiger partial charge in [-0.2, -0.15) is 4.98 Å². The Balaban J connectivity index is 1.23. The summed E-state index contributed by atoms with van der Waals surface area (Å²) in [7, 11) is 0.